The highest BCUT2D eigenvalue weighted by Gasteiger charge is 2.14. The molecule has 0 bridgehead atoms. The summed E-state index contributed by atoms with van der Waals surface area (Å²) in [4.78, 5) is 0. The maximum Gasteiger partial charge on any atom is 0.199 e. The van der Waals surface area contributed by atoms with Crippen LogP contribution in [-0.2, 0) is 11.2 Å². The van der Waals surface area contributed by atoms with Gasteiger partial charge in [0, 0.05) is 6.42 Å². The summed E-state index contributed by atoms with van der Waals surface area (Å²) >= 11 is 0. The molecule has 1 aliphatic rings. The standard InChI is InChI=1S/C15H20O2/c1-2-3-6-13-8-10-14(11-9-13)17-15-7-4-5-12-16-15/h2,8-11,15H,1,3-7,12H2/t15-/m0/s1. The van der Waals surface area contributed by atoms with Crippen molar-refractivity contribution in [3.05, 3.63) is 42.5 Å². The van der Waals surface area contributed by atoms with Gasteiger partial charge in [-0.1, -0.05) is 18.2 Å². The molecule has 0 spiro atoms. The number of aryl methyl sites for hydroxylation is 1. The molecular weight excluding hydrogens is 212 g/mol. The van der Waals surface area contributed by atoms with Gasteiger partial charge in [-0.25, -0.2) is 0 Å². The molecule has 0 aliphatic carbocycles. The molecule has 1 aliphatic heterocycles. The smallest absolute Gasteiger partial charge is 0.199 e. The first-order chi connectivity index (χ1) is 8.38. The maximum absolute atomic E-state index is 5.77. The summed E-state index contributed by atoms with van der Waals surface area (Å²) < 4.78 is 11.3. The Kier molecular flexibility index (Phi) is 4.63. The molecule has 0 unspecified atom stereocenters. The highest BCUT2D eigenvalue weighted by Crippen LogP contribution is 2.19. The summed E-state index contributed by atoms with van der Waals surface area (Å²) in [6, 6.07) is 8.27. The number of hydrogen-bond acceptors (Lipinski definition) is 2. The lowest BCUT2D eigenvalue weighted by molar-refractivity contribution is -0.105. The van der Waals surface area contributed by atoms with Crippen LogP contribution in [0.3, 0.4) is 0 Å². The normalized spacial score (nSPS) is 19.9. The molecule has 1 aromatic rings. The molecule has 1 saturated heterocycles. The zero-order chi connectivity index (χ0) is 11.9. The Balaban J connectivity index is 1.86. The van der Waals surface area contributed by atoms with Crippen LogP contribution in [0.15, 0.2) is 36.9 Å². The van der Waals surface area contributed by atoms with E-state index in [0.29, 0.717) is 0 Å². The SMILES string of the molecule is C=CCCc1ccc(O[C@H]2CCCCO2)cc1. The monoisotopic (exact) mass is 232 g/mol. The largest absolute Gasteiger partial charge is 0.465 e. The van der Waals surface area contributed by atoms with Gasteiger partial charge in [0.15, 0.2) is 6.29 Å². The van der Waals surface area contributed by atoms with Crippen LogP contribution in [0.5, 0.6) is 5.75 Å². The molecule has 17 heavy (non-hydrogen) atoms. The summed E-state index contributed by atoms with van der Waals surface area (Å²) in [7, 11) is 0. The van der Waals surface area contributed by atoms with E-state index in [9.17, 15) is 0 Å². The topological polar surface area (TPSA) is 18.5 Å². The first kappa shape index (κ1) is 12.2. The predicted molar refractivity (Wildman–Crippen MR) is 69.2 cm³/mol. The Hall–Kier alpha value is -1.28. The van der Waals surface area contributed by atoms with Crippen LogP contribution in [0, 0.1) is 0 Å². The van der Waals surface area contributed by atoms with Gasteiger partial charge in [0.1, 0.15) is 5.75 Å². The third-order valence-corrected chi connectivity index (χ3v) is 2.97. The Labute approximate surface area is 103 Å². The van der Waals surface area contributed by atoms with Gasteiger partial charge >= 0.3 is 0 Å². The van der Waals surface area contributed by atoms with Crippen molar-refractivity contribution in [3.8, 4) is 5.75 Å². The van der Waals surface area contributed by atoms with E-state index in [1.165, 1.54) is 12.0 Å². The summed E-state index contributed by atoms with van der Waals surface area (Å²) in [5.74, 6) is 0.902. The van der Waals surface area contributed by atoms with Crippen LogP contribution in [-0.4, -0.2) is 12.9 Å². The molecular formula is C15H20O2. The Morgan fingerprint density at radius 3 is 2.76 bits per heavy atom. The van der Waals surface area contributed by atoms with E-state index >= 15 is 0 Å². The molecule has 2 heteroatoms. The lowest BCUT2D eigenvalue weighted by Crippen LogP contribution is -2.24. The molecule has 1 atom stereocenters. The maximum atomic E-state index is 5.77. The van der Waals surface area contributed by atoms with Crippen LogP contribution >= 0.6 is 0 Å². The van der Waals surface area contributed by atoms with Gasteiger partial charge in [0.2, 0.25) is 0 Å². The number of benzene rings is 1. The molecule has 1 fully saturated rings. The molecule has 1 heterocycles. The highest BCUT2D eigenvalue weighted by atomic mass is 16.7. The molecule has 2 nitrogen and oxygen atoms in total. The minimum absolute atomic E-state index is 0.0530. The van der Waals surface area contributed by atoms with Gasteiger partial charge in [0.25, 0.3) is 0 Å². The third kappa shape index (κ3) is 3.90. The van der Waals surface area contributed by atoms with Crippen molar-refractivity contribution in [2.24, 2.45) is 0 Å². The minimum atomic E-state index is -0.0530. The number of hydrogen-bond donors (Lipinski definition) is 0. The second-order valence-corrected chi connectivity index (χ2v) is 4.39. The number of allylic oxidation sites excluding steroid dienone is 1. The van der Waals surface area contributed by atoms with E-state index in [4.69, 9.17) is 9.47 Å². The molecule has 1 aromatic carbocycles. The lowest BCUT2D eigenvalue weighted by Gasteiger charge is -2.23. The zero-order valence-corrected chi connectivity index (χ0v) is 10.2. The minimum Gasteiger partial charge on any atom is -0.465 e. The van der Waals surface area contributed by atoms with Crippen LogP contribution in [0.4, 0.5) is 0 Å². The highest BCUT2D eigenvalue weighted by molar-refractivity contribution is 5.27. The Morgan fingerprint density at radius 1 is 1.29 bits per heavy atom. The number of ether oxygens (including phenoxy) is 2. The first-order valence-electron chi connectivity index (χ1n) is 6.36. The van der Waals surface area contributed by atoms with E-state index in [0.717, 1.165) is 38.0 Å². The Bertz CT molecular complexity index is 336. The molecule has 92 valence electrons. The van der Waals surface area contributed by atoms with Crippen molar-refractivity contribution in [3.63, 3.8) is 0 Å². The fourth-order valence-electron chi connectivity index (χ4n) is 1.96. The average molecular weight is 232 g/mol. The van der Waals surface area contributed by atoms with Gasteiger partial charge in [0.05, 0.1) is 6.61 Å². The average Bonchev–Trinajstić information content (AvgIpc) is 2.39. The van der Waals surface area contributed by atoms with Gasteiger partial charge in [-0.15, -0.1) is 6.58 Å². The van der Waals surface area contributed by atoms with E-state index in [2.05, 4.69) is 18.7 Å². The number of rotatable bonds is 5. The fourth-order valence-corrected chi connectivity index (χ4v) is 1.96. The van der Waals surface area contributed by atoms with E-state index < -0.39 is 0 Å². The van der Waals surface area contributed by atoms with Crippen molar-refractivity contribution in [1.82, 2.24) is 0 Å². The zero-order valence-electron chi connectivity index (χ0n) is 10.2. The molecule has 0 amide bonds. The lowest BCUT2D eigenvalue weighted by atomic mass is 10.1. The molecule has 0 radical (unpaired) electrons. The summed E-state index contributed by atoms with van der Waals surface area (Å²) in [6.45, 7) is 4.55. The van der Waals surface area contributed by atoms with Crippen LogP contribution in [0.2, 0.25) is 0 Å². The van der Waals surface area contributed by atoms with Crippen LogP contribution < -0.4 is 4.74 Å². The first-order valence-corrected chi connectivity index (χ1v) is 6.36. The predicted octanol–water partition coefficient (Wildman–Crippen LogP) is 3.71. The molecule has 0 saturated carbocycles. The van der Waals surface area contributed by atoms with Gasteiger partial charge in [-0.3, -0.25) is 0 Å². The van der Waals surface area contributed by atoms with Gasteiger partial charge in [-0.2, -0.15) is 0 Å². The summed E-state index contributed by atoms with van der Waals surface area (Å²) in [5, 5.41) is 0. The molecule has 2 rings (SSSR count). The second kappa shape index (κ2) is 6.45. The summed E-state index contributed by atoms with van der Waals surface area (Å²) in [6.07, 6.45) is 7.30. The third-order valence-electron chi connectivity index (χ3n) is 2.97. The van der Waals surface area contributed by atoms with Crippen LogP contribution in [0.1, 0.15) is 31.2 Å². The molecule has 0 N–H and O–H groups in total. The molecule has 0 aromatic heterocycles. The van der Waals surface area contributed by atoms with Crippen molar-refractivity contribution in [1.29, 1.82) is 0 Å². The van der Waals surface area contributed by atoms with Crippen molar-refractivity contribution < 1.29 is 9.47 Å². The van der Waals surface area contributed by atoms with Gasteiger partial charge < -0.3 is 9.47 Å². The fraction of sp³-hybridized carbons (Fsp3) is 0.467. The van der Waals surface area contributed by atoms with Crippen molar-refractivity contribution in [2.75, 3.05) is 6.61 Å². The Morgan fingerprint density at radius 2 is 2.12 bits per heavy atom. The van der Waals surface area contributed by atoms with E-state index in [-0.39, 0.29) is 6.29 Å². The van der Waals surface area contributed by atoms with Gasteiger partial charge in [-0.05, 0) is 43.4 Å². The van der Waals surface area contributed by atoms with Crippen molar-refractivity contribution >= 4 is 0 Å². The summed E-state index contributed by atoms with van der Waals surface area (Å²) in [5.41, 5.74) is 1.32. The second-order valence-electron chi connectivity index (χ2n) is 4.39. The van der Waals surface area contributed by atoms with E-state index in [1.807, 2.05) is 18.2 Å². The van der Waals surface area contributed by atoms with Crippen LogP contribution in [0.25, 0.3) is 0 Å². The van der Waals surface area contributed by atoms with Crippen molar-refractivity contribution in [2.45, 2.75) is 38.4 Å². The van der Waals surface area contributed by atoms with E-state index in [1.54, 1.807) is 0 Å². The quantitative estimate of drug-likeness (QED) is 0.720.